The molecule has 2 aliphatic rings. The van der Waals surface area contributed by atoms with Gasteiger partial charge in [-0.25, -0.2) is 4.68 Å². The van der Waals surface area contributed by atoms with Crippen molar-refractivity contribution in [2.75, 3.05) is 6.54 Å². The molecule has 0 radical (unpaired) electrons. The summed E-state index contributed by atoms with van der Waals surface area (Å²) < 4.78 is 1.95. The molecule has 1 aromatic carbocycles. The fraction of sp³-hybridized carbons (Fsp3) is 0.500. The third-order valence-electron chi connectivity index (χ3n) is 4.82. The van der Waals surface area contributed by atoms with E-state index in [-0.39, 0.29) is 0 Å². The van der Waals surface area contributed by atoms with E-state index in [2.05, 4.69) is 28.7 Å². The largest absolute Gasteiger partial charge is 0.312 e. The normalized spacial score (nSPS) is 18.3. The molecule has 3 heteroatoms. The Hall–Kier alpha value is -1.61. The summed E-state index contributed by atoms with van der Waals surface area (Å²) in [7, 11) is 0. The lowest BCUT2D eigenvalue weighted by Gasteiger charge is -2.15. The van der Waals surface area contributed by atoms with Crippen LogP contribution >= 0.6 is 0 Å². The number of hydrogen-bond acceptors (Lipinski definition) is 2. The first kappa shape index (κ1) is 13.1. The van der Waals surface area contributed by atoms with Gasteiger partial charge >= 0.3 is 0 Å². The van der Waals surface area contributed by atoms with Crippen LogP contribution in [0.5, 0.6) is 0 Å². The molecule has 1 aromatic heterocycles. The van der Waals surface area contributed by atoms with E-state index >= 15 is 0 Å². The van der Waals surface area contributed by atoms with Gasteiger partial charge in [0.15, 0.2) is 0 Å². The summed E-state index contributed by atoms with van der Waals surface area (Å²) in [5.74, 6) is 2.99. The van der Waals surface area contributed by atoms with Crippen molar-refractivity contribution in [2.24, 2.45) is 17.8 Å². The highest BCUT2D eigenvalue weighted by molar-refractivity contribution is 5.30. The predicted molar refractivity (Wildman–Crippen MR) is 84.2 cm³/mol. The van der Waals surface area contributed by atoms with Crippen molar-refractivity contribution < 1.29 is 0 Å². The molecule has 21 heavy (non-hydrogen) atoms. The Balaban J connectivity index is 1.32. The van der Waals surface area contributed by atoms with Crippen molar-refractivity contribution in [2.45, 2.75) is 32.2 Å². The van der Waals surface area contributed by atoms with Crippen molar-refractivity contribution in [1.29, 1.82) is 0 Å². The number of para-hydroxylation sites is 1. The maximum absolute atomic E-state index is 4.46. The molecule has 0 bridgehead atoms. The molecule has 0 saturated heterocycles. The van der Waals surface area contributed by atoms with Crippen LogP contribution < -0.4 is 5.32 Å². The summed E-state index contributed by atoms with van der Waals surface area (Å²) in [6.45, 7) is 2.12. The number of nitrogens with zero attached hydrogens (tertiary/aromatic N) is 2. The topological polar surface area (TPSA) is 29.9 Å². The Bertz CT molecular complexity index is 570. The van der Waals surface area contributed by atoms with Gasteiger partial charge in [0.2, 0.25) is 0 Å². The van der Waals surface area contributed by atoms with Crippen LogP contribution in [0.4, 0.5) is 0 Å². The summed E-state index contributed by atoms with van der Waals surface area (Å²) in [6.07, 6.45) is 9.97. The van der Waals surface area contributed by atoms with Crippen LogP contribution in [0.25, 0.3) is 5.69 Å². The lowest BCUT2D eigenvalue weighted by molar-refractivity contribution is 0.378. The number of nitrogens with one attached hydrogen (secondary N) is 1. The van der Waals surface area contributed by atoms with Crippen LogP contribution in [0.1, 0.15) is 31.2 Å². The Kier molecular flexibility index (Phi) is 3.52. The van der Waals surface area contributed by atoms with E-state index in [4.69, 9.17) is 0 Å². The molecule has 2 aromatic rings. The lowest BCUT2D eigenvalue weighted by Crippen LogP contribution is -2.25. The van der Waals surface area contributed by atoms with Crippen molar-refractivity contribution in [1.82, 2.24) is 15.1 Å². The zero-order valence-corrected chi connectivity index (χ0v) is 12.4. The van der Waals surface area contributed by atoms with Gasteiger partial charge in [-0.2, -0.15) is 5.10 Å². The third-order valence-corrected chi connectivity index (χ3v) is 4.82. The quantitative estimate of drug-likeness (QED) is 0.843. The van der Waals surface area contributed by atoms with Gasteiger partial charge in [-0.05, 0) is 62.1 Å². The van der Waals surface area contributed by atoms with Gasteiger partial charge in [0.1, 0.15) is 0 Å². The molecule has 2 saturated carbocycles. The average Bonchev–Trinajstić information content (AvgIpc) is 3.45. The molecular weight excluding hydrogens is 258 g/mol. The monoisotopic (exact) mass is 281 g/mol. The molecular formula is C18H23N3. The Morgan fingerprint density at radius 3 is 2.48 bits per heavy atom. The highest BCUT2D eigenvalue weighted by Gasteiger charge is 2.40. The number of benzene rings is 1. The van der Waals surface area contributed by atoms with Gasteiger partial charge in [-0.3, -0.25) is 0 Å². The summed E-state index contributed by atoms with van der Waals surface area (Å²) in [6, 6.07) is 10.3. The van der Waals surface area contributed by atoms with E-state index in [1.807, 2.05) is 29.1 Å². The molecule has 0 spiro atoms. The summed E-state index contributed by atoms with van der Waals surface area (Å²) in [5, 5.41) is 8.11. The Labute approximate surface area is 126 Å². The average molecular weight is 281 g/mol. The molecule has 110 valence electrons. The van der Waals surface area contributed by atoms with E-state index in [1.165, 1.54) is 37.8 Å². The number of rotatable bonds is 7. The van der Waals surface area contributed by atoms with Gasteiger partial charge in [0.05, 0.1) is 11.9 Å². The van der Waals surface area contributed by atoms with Crippen molar-refractivity contribution in [3.05, 3.63) is 48.3 Å². The zero-order valence-electron chi connectivity index (χ0n) is 12.4. The first-order valence-electron chi connectivity index (χ1n) is 8.20. The number of hydrogen-bond donors (Lipinski definition) is 1. The summed E-state index contributed by atoms with van der Waals surface area (Å²) in [4.78, 5) is 0. The van der Waals surface area contributed by atoms with Gasteiger partial charge in [0.25, 0.3) is 0 Å². The molecule has 0 atom stereocenters. The lowest BCUT2D eigenvalue weighted by atomic mass is 9.98. The second kappa shape index (κ2) is 5.64. The van der Waals surface area contributed by atoms with Crippen LogP contribution in [0.15, 0.2) is 42.7 Å². The first-order valence-corrected chi connectivity index (χ1v) is 8.20. The van der Waals surface area contributed by atoms with E-state index in [1.54, 1.807) is 0 Å². The second-order valence-corrected chi connectivity index (χ2v) is 6.60. The molecule has 1 N–H and O–H groups in total. The molecule has 0 aliphatic heterocycles. The maximum Gasteiger partial charge on any atom is 0.0645 e. The maximum atomic E-state index is 4.46. The predicted octanol–water partition coefficient (Wildman–Crippen LogP) is 3.40. The molecule has 0 unspecified atom stereocenters. The van der Waals surface area contributed by atoms with Crippen molar-refractivity contribution >= 4 is 0 Å². The van der Waals surface area contributed by atoms with E-state index in [0.29, 0.717) is 0 Å². The highest BCUT2D eigenvalue weighted by Crippen LogP contribution is 2.48. The smallest absolute Gasteiger partial charge is 0.0645 e. The van der Waals surface area contributed by atoms with E-state index in [0.717, 1.165) is 30.0 Å². The Morgan fingerprint density at radius 2 is 1.81 bits per heavy atom. The van der Waals surface area contributed by atoms with Crippen LogP contribution in [0.2, 0.25) is 0 Å². The first-order chi connectivity index (χ1) is 10.4. The molecule has 0 amide bonds. The summed E-state index contributed by atoms with van der Waals surface area (Å²) in [5.41, 5.74) is 2.39. The number of aromatic nitrogens is 2. The fourth-order valence-electron chi connectivity index (χ4n) is 3.32. The van der Waals surface area contributed by atoms with Gasteiger partial charge in [-0.15, -0.1) is 0 Å². The SMILES string of the molecule is c1ccc(-n2cc(CNCC(C3CC3)C3CC3)cn2)cc1. The fourth-order valence-corrected chi connectivity index (χ4v) is 3.32. The standard InChI is InChI=1S/C18H23N3/c1-2-4-17(5-3-1)21-13-14(11-20-21)10-19-12-18(15-6-7-15)16-8-9-16/h1-5,11,13,15-16,18-19H,6-10,12H2. The zero-order chi connectivity index (χ0) is 14.1. The van der Waals surface area contributed by atoms with E-state index < -0.39 is 0 Å². The molecule has 2 fully saturated rings. The minimum absolute atomic E-state index is 0.933. The molecule has 1 heterocycles. The van der Waals surface area contributed by atoms with Crippen LogP contribution in [0, 0.1) is 17.8 Å². The highest BCUT2D eigenvalue weighted by atomic mass is 15.3. The van der Waals surface area contributed by atoms with Crippen molar-refractivity contribution in [3.8, 4) is 5.69 Å². The molecule has 2 aliphatic carbocycles. The van der Waals surface area contributed by atoms with Gasteiger partial charge < -0.3 is 5.32 Å². The molecule has 3 nitrogen and oxygen atoms in total. The van der Waals surface area contributed by atoms with Crippen molar-refractivity contribution in [3.63, 3.8) is 0 Å². The van der Waals surface area contributed by atoms with Crippen LogP contribution in [0.3, 0.4) is 0 Å². The summed E-state index contributed by atoms with van der Waals surface area (Å²) >= 11 is 0. The minimum Gasteiger partial charge on any atom is -0.312 e. The van der Waals surface area contributed by atoms with Crippen LogP contribution in [-0.4, -0.2) is 16.3 Å². The second-order valence-electron chi connectivity index (χ2n) is 6.60. The molecule has 4 rings (SSSR count). The van der Waals surface area contributed by atoms with E-state index in [9.17, 15) is 0 Å². The Morgan fingerprint density at radius 1 is 1.10 bits per heavy atom. The van der Waals surface area contributed by atoms with Crippen LogP contribution in [-0.2, 0) is 6.54 Å². The van der Waals surface area contributed by atoms with Gasteiger partial charge in [0, 0.05) is 18.3 Å². The van der Waals surface area contributed by atoms with Gasteiger partial charge in [-0.1, -0.05) is 18.2 Å². The third kappa shape index (κ3) is 3.18. The minimum atomic E-state index is 0.933.